The lowest BCUT2D eigenvalue weighted by Gasteiger charge is -2.42. The average molecular weight is 563 g/mol. The third kappa shape index (κ3) is 5.48. The van der Waals surface area contributed by atoms with Gasteiger partial charge in [0.15, 0.2) is 5.76 Å². The maximum atomic E-state index is 13.3. The van der Waals surface area contributed by atoms with Crippen LogP contribution in [0.15, 0.2) is 76.2 Å². The minimum absolute atomic E-state index is 0.0700. The van der Waals surface area contributed by atoms with E-state index in [9.17, 15) is 18.3 Å². The number of furan rings is 1. The summed E-state index contributed by atoms with van der Waals surface area (Å²) >= 11 is 0. The smallest absolute Gasteiger partial charge is 0.258 e. The minimum Gasteiger partial charge on any atom is -0.485 e. The molecule has 0 saturated carbocycles. The Bertz CT molecular complexity index is 1650. The number of aryl methyl sites for hydroxylation is 2. The molecule has 1 aliphatic rings. The summed E-state index contributed by atoms with van der Waals surface area (Å²) in [6.45, 7) is 7.10. The number of benzene rings is 2. The number of carbonyl (C=O) groups is 1. The fourth-order valence-electron chi connectivity index (χ4n) is 4.56. The molecule has 0 unspecified atom stereocenters. The molecule has 2 aromatic heterocycles. The molecule has 40 heavy (non-hydrogen) atoms. The number of fused-ring (bicyclic) bond motifs is 1. The molecule has 0 radical (unpaired) electrons. The molecule has 2 atom stereocenters. The number of anilines is 1. The van der Waals surface area contributed by atoms with E-state index < -0.39 is 33.7 Å². The van der Waals surface area contributed by atoms with Gasteiger partial charge in [0.25, 0.3) is 5.91 Å². The van der Waals surface area contributed by atoms with Crippen molar-refractivity contribution < 1.29 is 27.5 Å². The molecule has 0 aliphatic carbocycles. The molecule has 5 rings (SSSR count). The zero-order chi connectivity index (χ0) is 28.7. The number of nitrogens with zero attached hydrogens (tertiary/aromatic N) is 2. The highest BCUT2D eigenvalue weighted by atomic mass is 32.2. The van der Waals surface area contributed by atoms with Crippen LogP contribution in [0.5, 0.6) is 5.75 Å². The maximum absolute atomic E-state index is 13.3. The Morgan fingerprint density at radius 2 is 1.82 bits per heavy atom. The normalized spacial score (nSPS) is 18.0. The number of hydrogen-bond donors (Lipinski definition) is 3. The van der Waals surface area contributed by atoms with E-state index in [0.29, 0.717) is 28.5 Å². The molecule has 0 spiro atoms. The summed E-state index contributed by atoms with van der Waals surface area (Å²) in [5.41, 5.74) is 1.57. The number of sulfonamides is 1. The fraction of sp³-hybridized carbons (Fsp3) is 0.276. The first-order chi connectivity index (χ1) is 19.0. The zero-order valence-electron chi connectivity index (χ0n) is 22.5. The number of aliphatic hydroxyl groups is 1. The van der Waals surface area contributed by atoms with Gasteiger partial charge in [-0.3, -0.25) is 10.1 Å². The molecule has 0 saturated heterocycles. The van der Waals surface area contributed by atoms with Crippen molar-refractivity contribution in [3.8, 4) is 17.2 Å². The van der Waals surface area contributed by atoms with Gasteiger partial charge in [-0.15, -0.1) is 0 Å². The first kappa shape index (κ1) is 27.5. The van der Waals surface area contributed by atoms with Crippen LogP contribution in [0.2, 0.25) is 0 Å². The van der Waals surface area contributed by atoms with Crippen molar-refractivity contribution in [1.82, 2.24) is 14.7 Å². The molecule has 0 fully saturated rings. The van der Waals surface area contributed by atoms with Crippen LogP contribution in [-0.2, 0) is 16.4 Å². The van der Waals surface area contributed by atoms with Crippen molar-refractivity contribution in [2.24, 2.45) is 0 Å². The van der Waals surface area contributed by atoms with E-state index >= 15 is 0 Å². The van der Waals surface area contributed by atoms with Crippen molar-refractivity contribution in [3.05, 3.63) is 89.3 Å². The SMILES string of the molecule is CCc1ccc(S(=O)(=O)N[C@@H]2c3cc(C(=O)Nc4nc(C)cc(-c5ccco5)n4)ccc3OC(C)(C)[C@H]2O)cc1. The quantitative estimate of drug-likeness (QED) is 0.301. The van der Waals surface area contributed by atoms with Crippen LogP contribution in [0.25, 0.3) is 11.5 Å². The van der Waals surface area contributed by atoms with Crippen molar-refractivity contribution in [2.45, 2.75) is 56.8 Å². The number of amides is 1. The van der Waals surface area contributed by atoms with Gasteiger partial charge in [-0.1, -0.05) is 19.1 Å². The third-order valence-corrected chi connectivity index (χ3v) is 8.24. The van der Waals surface area contributed by atoms with Crippen LogP contribution in [0.3, 0.4) is 0 Å². The number of aromatic nitrogens is 2. The van der Waals surface area contributed by atoms with Crippen LogP contribution < -0.4 is 14.8 Å². The Kier molecular flexibility index (Phi) is 7.21. The van der Waals surface area contributed by atoms with Gasteiger partial charge in [0.2, 0.25) is 16.0 Å². The number of carbonyl (C=O) groups excluding carboxylic acids is 1. The number of hydrogen-bond acceptors (Lipinski definition) is 8. The van der Waals surface area contributed by atoms with Gasteiger partial charge in [0.05, 0.1) is 17.2 Å². The topological polar surface area (TPSA) is 144 Å². The second kappa shape index (κ2) is 10.5. The Balaban J connectivity index is 1.46. The molecule has 1 aliphatic heterocycles. The van der Waals surface area contributed by atoms with Crippen LogP contribution in [0.4, 0.5) is 5.95 Å². The van der Waals surface area contributed by atoms with Crippen LogP contribution in [0.1, 0.15) is 54.0 Å². The van der Waals surface area contributed by atoms with E-state index in [4.69, 9.17) is 9.15 Å². The highest BCUT2D eigenvalue weighted by molar-refractivity contribution is 7.89. The maximum Gasteiger partial charge on any atom is 0.258 e. The third-order valence-electron chi connectivity index (χ3n) is 6.79. The number of nitrogens with one attached hydrogen (secondary N) is 2. The van der Waals surface area contributed by atoms with Crippen molar-refractivity contribution in [3.63, 3.8) is 0 Å². The summed E-state index contributed by atoms with van der Waals surface area (Å²) < 4.78 is 40.7. The van der Waals surface area contributed by atoms with E-state index in [2.05, 4.69) is 20.0 Å². The molecule has 3 heterocycles. The van der Waals surface area contributed by atoms with E-state index in [1.54, 1.807) is 63.2 Å². The molecule has 3 N–H and O–H groups in total. The highest BCUT2D eigenvalue weighted by Gasteiger charge is 2.45. The van der Waals surface area contributed by atoms with Gasteiger partial charge >= 0.3 is 0 Å². The van der Waals surface area contributed by atoms with Gasteiger partial charge in [-0.05, 0) is 81.3 Å². The average Bonchev–Trinajstić information content (AvgIpc) is 3.46. The Morgan fingerprint density at radius 1 is 1.07 bits per heavy atom. The molecule has 208 valence electrons. The molecule has 11 heteroatoms. The van der Waals surface area contributed by atoms with Gasteiger partial charge in [0.1, 0.15) is 23.1 Å². The first-order valence-corrected chi connectivity index (χ1v) is 14.3. The monoisotopic (exact) mass is 562 g/mol. The van der Waals surface area contributed by atoms with Crippen LogP contribution in [-0.4, -0.2) is 41.1 Å². The van der Waals surface area contributed by atoms with Gasteiger partial charge in [0, 0.05) is 16.8 Å². The number of ether oxygens (including phenoxy) is 1. The summed E-state index contributed by atoms with van der Waals surface area (Å²) in [4.78, 5) is 22.0. The second-order valence-corrected chi connectivity index (χ2v) is 11.9. The number of rotatable bonds is 7. The number of aliphatic hydroxyl groups excluding tert-OH is 1. The van der Waals surface area contributed by atoms with Crippen molar-refractivity contribution in [2.75, 3.05) is 5.32 Å². The van der Waals surface area contributed by atoms with Crippen LogP contribution >= 0.6 is 0 Å². The molecule has 2 aromatic carbocycles. The summed E-state index contributed by atoms with van der Waals surface area (Å²) in [7, 11) is -4.02. The fourth-order valence-corrected chi connectivity index (χ4v) is 5.78. The molecule has 0 bridgehead atoms. The second-order valence-electron chi connectivity index (χ2n) is 10.1. The van der Waals surface area contributed by atoms with Crippen LogP contribution in [0, 0.1) is 6.92 Å². The van der Waals surface area contributed by atoms with Crippen molar-refractivity contribution in [1.29, 1.82) is 0 Å². The van der Waals surface area contributed by atoms with Gasteiger partial charge < -0.3 is 14.3 Å². The zero-order valence-corrected chi connectivity index (χ0v) is 23.3. The van der Waals surface area contributed by atoms with Crippen molar-refractivity contribution >= 4 is 21.9 Å². The molecule has 10 nitrogen and oxygen atoms in total. The molecule has 4 aromatic rings. The predicted octanol–water partition coefficient (Wildman–Crippen LogP) is 4.41. The first-order valence-electron chi connectivity index (χ1n) is 12.8. The molecular weight excluding hydrogens is 532 g/mol. The predicted molar refractivity (Wildman–Crippen MR) is 148 cm³/mol. The summed E-state index contributed by atoms with van der Waals surface area (Å²) in [6, 6.07) is 15.3. The molecule has 1 amide bonds. The highest BCUT2D eigenvalue weighted by Crippen LogP contribution is 2.41. The summed E-state index contributed by atoms with van der Waals surface area (Å²) in [5.74, 6) is 0.449. The summed E-state index contributed by atoms with van der Waals surface area (Å²) in [5, 5.41) is 13.9. The van der Waals surface area contributed by atoms with E-state index in [1.807, 2.05) is 6.92 Å². The Morgan fingerprint density at radius 3 is 2.50 bits per heavy atom. The van der Waals surface area contributed by atoms with Gasteiger partial charge in [-0.25, -0.2) is 23.1 Å². The Labute approximate surface area is 232 Å². The molecular formula is C29H30N4O6S. The standard InChI is InChI=1S/C29H30N4O6S/c1-5-18-8-11-20(12-9-18)40(36,37)33-25-21-16-19(10-13-23(21)39-29(3,4)26(25)34)27(35)32-28-30-17(2)15-22(31-28)24-7-6-14-38-24/h6-16,25-26,33-34H,5H2,1-4H3,(H,30,31,32,35)/t25-,26+/m1/s1. The van der Waals surface area contributed by atoms with E-state index in [1.165, 1.54) is 24.5 Å². The van der Waals surface area contributed by atoms with E-state index in [-0.39, 0.29) is 16.4 Å². The lowest BCUT2D eigenvalue weighted by molar-refractivity contribution is -0.0603. The lowest BCUT2D eigenvalue weighted by Crippen LogP contribution is -2.53. The minimum atomic E-state index is -4.02. The Hall–Kier alpha value is -4.06. The van der Waals surface area contributed by atoms with E-state index in [0.717, 1.165) is 12.0 Å². The largest absolute Gasteiger partial charge is 0.485 e. The van der Waals surface area contributed by atoms with Gasteiger partial charge in [-0.2, -0.15) is 0 Å². The summed E-state index contributed by atoms with van der Waals surface area (Å²) in [6.07, 6.45) is 1.05. The lowest BCUT2D eigenvalue weighted by atomic mass is 9.86.